The second-order valence-corrected chi connectivity index (χ2v) is 5.83. The van der Waals surface area contributed by atoms with E-state index in [1.165, 1.54) is 0 Å². The summed E-state index contributed by atoms with van der Waals surface area (Å²) < 4.78 is 0. The molecule has 1 atom stereocenters. The Hall–Kier alpha value is -0.570. The van der Waals surface area contributed by atoms with Gasteiger partial charge in [-0.15, -0.1) is 0 Å². The first-order chi connectivity index (χ1) is 7.40. The lowest BCUT2D eigenvalue weighted by Gasteiger charge is -2.29. The molecule has 0 bridgehead atoms. The van der Waals surface area contributed by atoms with Crippen LogP contribution in [0.5, 0.6) is 0 Å². The molecule has 16 heavy (non-hydrogen) atoms. The molecule has 0 saturated heterocycles. The topological polar surface area (TPSA) is 49.3 Å². The molecule has 1 aliphatic carbocycles. The van der Waals surface area contributed by atoms with Crippen molar-refractivity contribution in [3.8, 4) is 0 Å². The zero-order chi connectivity index (χ0) is 12.4. The second-order valence-electron chi connectivity index (χ2n) is 5.83. The molecular formula is C13H25NO2. The van der Waals surface area contributed by atoms with Crippen molar-refractivity contribution in [3.05, 3.63) is 0 Å². The van der Waals surface area contributed by atoms with Gasteiger partial charge in [0.1, 0.15) is 0 Å². The number of rotatable bonds is 6. The molecule has 3 heteroatoms. The van der Waals surface area contributed by atoms with Gasteiger partial charge in [-0.1, -0.05) is 27.7 Å². The first-order valence-corrected chi connectivity index (χ1v) is 6.29. The molecule has 1 unspecified atom stereocenters. The number of hydrogen-bond donors (Lipinski definition) is 2. The number of hydrogen-bond acceptors (Lipinski definition) is 2. The second kappa shape index (κ2) is 4.74. The summed E-state index contributed by atoms with van der Waals surface area (Å²) in [6.07, 6.45) is 2.78. The van der Waals surface area contributed by atoms with Crippen LogP contribution in [0.2, 0.25) is 0 Å². The predicted molar refractivity (Wildman–Crippen MR) is 65.0 cm³/mol. The maximum absolute atomic E-state index is 11.8. The number of carbonyl (C=O) groups excluding carboxylic acids is 1. The third-order valence-electron chi connectivity index (χ3n) is 4.30. The van der Waals surface area contributed by atoms with Gasteiger partial charge in [-0.3, -0.25) is 4.79 Å². The molecule has 1 aliphatic rings. The van der Waals surface area contributed by atoms with Gasteiger partial charge < -0.3 is 10.4 Å². The van der Waals surface area contributed by atoms with Crippen molar-refractivity contribution in [2.24, 2.45) is 16.7 Å². The molecule has 1 rings (SSSR count). The summed E-state index contributed by atoms with van der Waals surface area (Å²) in [6, 6.07) is 0. The van der Waals surface area contributed by atoms with Crippen molar-refractivity contribution in [3.63, 3.8) is 0 Å². The van der Waals surface area contributed by atoms with Crippen LogP contribution in [0.15, 0.2) is 0 Å². The quantitative estimate of drug-likeness (QED) is 0.728. The van der Waals surface area contributed by atoms with Crippen molar-refractivity contribution < 1.29 is 9.90 Å². The third kappa shape index (κ3) is 2.76. The molecule has 0 spiro atoms. The molecule has 0 radical (unpaired) electrons. The zero-order valence-electron chi connectivity index (χ0n) is 11.0. The van der Waals surface area contributed by atoms with Crippen LogP contribution in [0.1, 0.15) is 47.0 Å². The summed E-state index contributed by atoms with van der Waals surface area (Å²) in [5.41, 5.74) is 0.0546. The number of amides is 1. The normalized spacial score (nSPS) is 22.9. The van der Waals surface area contributed by atoms with Gasteiger partial charge in [0.25, 0.3) is 0 Å². The molecule has 0 aromatic heterocycles. The van der Waals surface area contributed by atoms with Crippen LogP contribution in [-0.4, -0.2) is 24.2 Å². The Balaban J connectivity index is 2.41. The Labute approximate surface area is 98.6 Å². The van der Waals surface area contributed by atoms with E-state index in [4.69, 9.17) is 0 Å². The lowest BCUT2D eigenvalue weighted by molar-refractivity contribution is -0.123. The molecule has 1 amide bonds. The van der Waals surface area contributed by atoms with E-state index in [2.05, 4.69) is 33.0 Å². The Morgan fingerprint density at radius 3 is 2.25 bits per heavy atom. The molecule has 94 valence electrons. The molecule has 0 heterocycles. The Bertz CT molecular complexity index is 248. The average Bonchev–Trinajstić information content (AvgIpc) is 2.90. The van der Waals surface area contributed by atoms with Crippen LogP contribution >= 0.6 is 0 Å². The fraction of sp³-hybridized carbons (Fsp3) is 0.923. The average molecular weight is 227 g/mol. The lowest BCUT2D eigenvalue weighted by atomic mass is 9.83. The monoisotopic (exact) mass is 227 g/mol. The predicted octanol–water partition coefficient (Wildman–Crippen LogP) is 1.95. The molecule has 3 nitrogen and oxygen atoms in total. The number of nitrogens with one attached hydrogen (secondary N) is 1. The Morgan fingerprint density at radius 1 is 1.44 bits per heavy atom. The molecule has 2 N–H and O–H groups in total. The molecule has 1 fully saturated rings. The molecule has 0 aromatic carbocycles. The summed E-state index contributed by atoms with van der Waals surface area (Å²) in [4.78, 5) is 11.8. The van der Waals surface area contributed by atoms with E-state index in [1.54, 1.807) is 0 Å². The van der Waals surface area contributed by atoms with Crippen molar-refractivity contribution in [1.82, 2.24) is 5.32 Å². The first kappa shape index (κ1) is 13.5. The highest BCUT2D eigenvalue weighted by Gasteiger charge is 2.50. The molecule has 0 aliphatic heterocycles. The summed E-state index contributed by atoms with van der Waals surface area (Å²) in [6.45, 7) is 9.11. The molecule has 0 aromatic rings. The van der Waals surface area contributed by atoms with E-state index in [-0.39, 0.29) is 29.3 Å². The van der Waals surface area contributed by atoms with Crippen molar-refractivity contribution in [2.75, 3.05) is 13.2 Å². The minimum atomic E-state index is -0.130. The summed E-state index contributed by atoms with van der Waals surface area (Å²) in [7, 11) is 0. The minimum Gasteiger partial charge on any atom is -0.396 e. The molecule has 1 saturated carbocycles. The number of aliphatic hydroxyl groups excluding tert-OH is 1. The highest BCUT2D eigenvalue weighted by Crippen LogP contribution is 2.51. The van der Waals surface area contributed by atoms with Gasteiger partial charge in [0.15, 0.2) is 0 Å². The van der Waals surface area contributed by atoms with Crippen LogP contribution < -0.4 is 5.32 Å². The smallest absolute Gasteiger partial charge is 0.223 e. The lowest BCUT2D eigenvalue weighted by Crippen LogP contribution is -2.40. The van der Waals surface area contributed by atoms with Gasteiger partial charge in [0, 0.05) is 17.9 Å². The molecular weight excluding hydrogens is 202 g/mol. The van der Waals surface area contributed by atoms with Crippen LogP contribution in [0, 0.1) is 16.7 Å². The third-order valence-corrected chi connectivity index (χ3v) is 4.30. The highest BCUT2D eigenvalue weighted by atomic mass is 16.3. The van der Waals surface area contributed by atoms with E-state index >= 15 is 0 Å². The van der Waals surface area contributed by atoms with Crippen LogP contribution in [-0.2, 0) is 4.79 Å². The van der Waals surface area contributed by atoms with Gasteiger partial charge in [-0.2, -0.15) is 0 Å². The first-order valence-electron chi connectivity index (χ1n) is 6.29. The van der Waals surface area contributed by atoms with E-state index < -0.39 is 0 Å². The summed E-state index contributed by atoms with van der Waals surface area (Å²) in [5, 5.41) is 12.4. The van der Waals surface area contributed by atoms with Gasteiger partial charge in [-0.05, 0) is 24.7 Å². The van der Waals surface area contributed by atoms with Crippen LogP contribution in [0.4, 0.5) is 0 Å². The van der Waals surface area contributed by atoms with Gasteiger partial charge >= 0.3 is 0 Å². The zero-order valence-corrected chi connectivity index (χ0v) is 11.0. The van der Waals surface area contributed by atoms with E-state index in [1.807, 2.05) is 0 Å². The van der Waals surface area contributed by atoms with Crippen molar-refractivity contribution >= 4 is 5.91 Å². The van der Waals surface area contributed by atoms with Crippen molar-refractivity contribution in [1.29, 1.82) is 0 Å². The maximum Gasteiger partial charge on any atom is 0.223 e. The summed E-state index contributed by atoms with van der Waals surface area (Å²) in [5.74, 6) is 0.335. The van der Waals surface area contributed by atoms with Gasteiger partial charge in [-0.25, -0.2) is 0 Å². The minimum absolute atomic E-state index is 0.130. The summed E-state index contributed by atoms with van der Waals surface area (Å²) >= 11 is 0. The Kier molecular flexibility index (Phi) is 4.00. The standard InChI is InChI=1S/C13H25NO2/c1-5-13(6-2,9-15)8-14-11(16)10-7-12(10,3)4/h10,15H,5-9H2,1-4H3,(H,14,16). The largest absolute Gasteiger partial charge is 0.396 e. The van der Waals surface area contributed by atoms with E-state index in [9.17, 15) is 9.90 Å². The van der Waals surface area contributed by atoms with Crippen molar-refractivity contribution in [2.45, 2.75) is 47.0 Å². The van der Waals surface area contributed by atoms with E-state index in [0.717, 1.165) is 19.3 Å². The highest BCUT2D eigenvalue weighted by molar-refractivity contribution is 5.82. The van der Waals surface area contributed by atoms with Crippen LogP contribution in [0.3, 0.4) is 0 Å². The number of aliphatic hydroxyl groups is 1. The van der Waals surface area contributed by atoms with Gasteiger partial charge in [0.05, 0.1) is 6.61 Å². The number of carbonyl (C=O) groups is 1. The fourth-order valence-corrected chi connectivity index (χ4v) is 2.09. The maximum atomic E-state index is 11.8. The van der Waals surface area contributed by atoms with Gasteiger partial charge in [0.2, 0.25) is 5.91 Å². The SMILES string of the molecule is CCC(CC)(CO)CNC(=O)C1CC1(C)C. The Morgan fingerprint density at radius 2 is 1.94 bits per heavy atom. The fourth-order valence-electron chi connectivity index (χ4n) is 2.09. The van der Waals surface area contributed by atoms with E-state index in [0.29, 0.717) is 6.54 Å². The van der Waals surface area contributed by atoms with Crippen LogP contribution in [0.25, 0.3) is 0 Å².